The van der Waals surface area contributed by atoms with Crippen LogP contribution < -0.4 is 16.0 Å². The molecule has 1 aliphatic heterocycles. The number of carbonyl (C=O) groups excluding carboxylic acids is 1. The Labute approximate surface area is 161 Å². The van der Waals surface area contributed by atoms with Crippen molar-refractivity contribution < 1.29 is 9.72 Å². The zero-order chi connectivity index (χ0) is 19.2. The van der Waals surface area contributed by atoms with Gasteiger partial charge in [-0.3, -0.25) is 14.9 Å². The minimum absolute atomic E-state index is 0.0327. The quantitative estimate of drug-likeness (QED) is 0.428. The third-order valence-electron chi connectivity index (χ3n) is 4.25. The topological polar surface area (TPSA) is 96.3 Å². The molecule has 2 heterocycles. The molecule has 1 fully saturated rings. The molecule has 0 spiro atoms. The molecule has 1 aromatic heterocycles. The van der Waals surface area contributed by atoms with Crippen molar-refractivity contribution in [3.05, 3.63) is 55.8 Å². The maximum atomic E-state index is 12.6. The summed E-state index contributed by atoms with van der Waals surface area (Å²) in [7, 11) is 1.77. The van der Waals surface area contributed by atoms with Crippen molar-refractivity contribution in [2.24, 2.45) is 0 Å². The highest BCUT2D eigenvalue weighted by atomic mass is 32.1. The van der Waals surface area contributed by atoms with Crippen LogP contribution in [0.5, 0.6) is 0 Å². The largest absolute Gasteiger partial charge is 0.387 e. The fourth-order valence-corrected chi connectivity index (χ4v) is 3.75. The van der Waals surface area contributed by atoms with Gasteiger partial charge in [-0.2, -0.15) is 0 Å². The van der Waals surface area contributed by atoms with E-state index in [-0.39, 0.29) is 17.6 Å². The molecular weight excluding hydrogens is 364 g/mol. The van der Waals surface area contributed by atoms with Gasteiger partial charge >= 0.3 is 0 Å². The van der Waals surface area contributed by atoms with Crippen LogP contribution in [0.2, 0.25) is 0 Å². The van der Waals surface area contributed by atoms with Gasteiger partial charge in [0.05, 0.1) is 15.5 Å². The fraction of sp³-hybridized carbons (Fsp3) is 0.316. The summed E-state index contributed by atoms with van der Waals surface area (Å²) in [5.41, 5.74) is 1.46. The number of piperidine rings is 1. The van der Waals surface area contributed by atoms with Crippen LogP contribution in [0.3, 0.4) is 0 Å². The number of anilines is 1. The van der Waals surface area contributed by atoms with Crippen LogP contribution in [0.1, 0.15) is 33.0 Å². The molecule has 8 heteroatoms. The summed E-state index contributed by atoms with van der Waals surface area (Å²) in [5, 5.41) is 20.1. The molecule has 2 aromatic rings. The van der Waals surface area contributed by atoms with E-state index < -0.39 is 4.92 Å². The van der Waals surface area contributed by atoms with Crippen LogP contribution in [0.4, 0.5) is 11.4 Å². The normalized spacial score (nSPS) is 16.1. The first-order valence-corrected chi connectivity index (χ1v) is 9.48. The van der Waals surface area contributed by atoms with Gasteiger partial charge in [0.2, 0.25) is 0 Å². The van der Waals surface area contributed by atoms with Gasteiger partial charge in [0.1, 0.15) is 4.88 Å². The highest BCUT2D eigenvalue weighted by Gasteiger charge is 2.20. The summed E-state index contributed by atoms with van der Waals surface area (Å²) in [5.74, 6) is 5.91. The fourth-order valence-electron chi connectivity index (χ4n) is 2.83. The number of nitrogens with one attached hydrogen (secondary N) is 3. The lowest BCUT2D eigenvalue weighted by Gasteiger charge is -2.23. The summed E-state index contributed by atoms with van der Waals surface area (Å²) in [6.07, 6.45) is 2.03. The molecular formula is C19H20N4O3S. The lowest BCUT2D eigenvalue weighted by molar-refractivity contribution is -0.384. The molecule has 1 aromatic carbocycles. The second-order valence-electron chi connectivity index (χ2n) is 6.17. The number of rotatable bonds is 4. The van der Waals surface area contributed by atoms with E-state index in [4.69, 9.17) is 0 Å². The molecule has 7 nitrogen and oxygen atoms in total. The van der Waals surface area contributed by atoms with Gasteiger partial charge < -0.3 is 16.0 Å². The second kappa shape index (κ2) is 8.66. The third-order valence-corrected chi connectivity index (χ3v) is 5.30. The van der Waals surface area contributed by atoms with Crippen LogP contribution in [0.15, 0.2) is 30.3 Å². The molecule has 1 amide bonds. The number of carbonyl (C=O) groups is 1. The third kappa shape index (κ3) is 4.84. The van der Waals surface area contributed by atoms with Crippen LogP contribution in [-0.2, 0) is 0 Å². The van der Waals surface area contributed by atoms with E-state index in [2.05, 4.69) is 27.8 Å². The predicted octanol–water partition coefficient (Wildman–Crippen LogP) is 2.58. The van der Waals surface area contributed by atoms with E-state index in [0.29, 0.717) is 10.4 Å². The van der Waals surface area contributed by atoms with E-state index in [9.17, 15) is 14.9 Å². The van der Waals surface area contributed by atoms with Crippen molar-refractivity contribution in [3.8, 4) is 11.8 Å². The molecule has 3 rings (SSSR count). The Balaban J connectivity index is 1.74. The molecule has 0 aliphatic carbocycles. The van der Waals surface area contributed by atoms with Gasteiger partial charge in [-0.1, -0.05) is 11.8 Å². The number of hydrogen-bond acceptors (Lipinski definition) is 6. The minimum atomic E-state index is -0.442. The Morgan fingerprint density at radius 2 is 2.11 bits per heavy atom. The first-order chi connectivity index (χ1) is 13.1. The monoisotopic (exact) mass is 384 g/mol. The number of nitro groups is 1. The number of nitro benzene ring substituents is 1. The lowest BCUT2D eigenvalue weighted by Crippen LogP contribution is -2.45. The molecule has 1 saturated heterocycles. The van der Waals surface area contributed by atoms with Crippen molar-refractivity contribution in [1.29, 1.82) is 0 Å². The summed E-state index contributed by atoms with van der Waals surface area (Å²) >= 11 is 1.33. The van der Waals surface area contributed by atoms with E-state index in [1.54, 1.807) is 19.2 Å². The average Bonchev–Trinajstić information content (AvgIpc) is 3.11. The van der Waals surface area contributed by atoms with E-state index in [1.807, 2.05) is 6.07 Å². The average molecular weight is 384 g/mol. The second-order valence-corrected chi connectivity index (χ2v) is 7.23. The molecule has 0 saturated carbocycles. The number of hydrogen-bond donors (Lipinski definition) is 3. The maximum absolute atomic E-state index is 12.6. The molecule has 1 unspecified atom stereocenters. The van der Waals surface area contributed by atoms with Crippen molar-refractivity contribution in [2.45, 2.75) is 18.9 Å². The standard InChI is InChI=1S/C19H20N4O3S/c1-20-17-11-16(9-6-13-4-7-15(8-5-13)23(25)26)27-18(17)19(24)22-14-3-2-10-21-12-14/h4-5,7-8,11,14,20-21H,2-3,10,12H2,1H3,(H,22,24). The molecule has 1 atom stereocenters. The van der Waals surface area contributed by atoms with Crippen LogP contribution in [0.25, 0.3) is 0 Å². The van der Waals surface area contributed by atoms with Gasteiger partial charge in [-0.15, -0.1) is 11.3 Å². The van der Waals surface area contributed by atoms with E-state index in [1.165, 1.54) is 23.5 Å². The summed E-state index contributed by atoms with van der Waals surface area (Å²) in [6.45, 7) is 1.79. The van der Waals surface area contributed by atoms with Gasteiger partial charge in [-0.25, -0.2) is 0 Å². The summed E-state index contributed by atoms with van der Waals surface area (Å²) < 4.78 is 0. The van der Waals surface area contributed by atoms with Crippen molar-refractivity contribution >= 4 is 28.6 Å². The highest BCUT2D eigenvalue weighted by molar-refractivity contribution is 7.15. The van der Waals surface area contributed by atoms with Crippen molar-refractivity contribution in [3.63, 3.8) is 0 Å². The Kier molecular flexibility index (Phi) is 6.06. The summed E-state index contributed by atoms with van der Waals surface area (Å²) in [6, 6.07) is 8.07. The van der Waals surface area contributed by atoms with Gasteiger partial charge in [0.25, 0.3) is 11.6 Å². The smallest absolute Gasteiger partial charge is 0.269 e. The zero-order valence-electron chi connectivity index (χ0n) is 14.9. The van der Waals surface area contributed by atoms with Gasteiger partial charge in [-0.05, 0) is 37.6 Å². The van der Waals surface area contributed by atoms with Crippen molar-refractivity contribution in [1.82, 2.24) is 10.6 Å². The van der Waals surface area contributed by atoms with E-state index in [0.717, 1.165) is 36.5 Å². The van der Waals surface area contributed by atoms with E-state index >= 15 is 0 Å². The van der Waals surface area contributed by atoms with Gasteiger partial charge in [0.15, 0.2) is 0 Å². The first kappa shape index (κ1) is 18.9. The highest BCUT2D eigenvalue weighted by Crippen LogP contribution is 2.27. The Morgan fingerprint density at radius 3 is 2.74 bits per heavy atom. The molecule has 3 N–H and O–H groups in total. The Bertz CT molecular complexity index is 890. The molecule has 1 aliphatic rings. The van der Waals surface area contributed by atoms with Crippen molar-refractivity contribution in [2.75, 3.05) is 25.5 Å². The molecule has 140 valence electrons. The van der Waals surface area contributed by atoms with Crippen LogP contribution in [0, 0.1) is 22.0 Å². The maximum Gasteiger partial charge on any atom is 0.269 e. The molecule has 0 bridgehead atoms. The number of non-ortho nitro benzene ring substituents is 1. The molecule has 27 heavy (non-hydrogen) atoms. The molecule has 0 radical (unpaired) electrons. The number of benzene rings is 1. The summed E-state index contributed by atoms with van der Waals surface area (Å²) in [4.78, 5) is 24.2. The Hall–Kier alpha value is -2.89. The zero-order valence-corrected chi connectivity index (χ0v) is 15.7. The lowest BCUT2D eigenvalue weighted by atomic mass is 10.1. The minimum Gasteiger partial charge on any atom is -0.387 e. The first-order valence-electron chi connectivity index (χ1n) is 8.66. The van der Waals surface area contributed by atoms with Crippen LogP contribution in [-0.4, -0.2) is 37.0 Å². The van der Waals surface area contributed by atoms with Crippen LogP contribution >= 0.6 is 11.3 Å². The SMILES string of the molecule is CNc1cc(C#Cc2ccc([N+](=O)[O-])cc2)sc1C(=O)NC1CCCNC1. The van der Waals surface area contributed by atoms with Gasteiger partial charge in [0, 0.05) is 37.3 Å². The number of nitrogens with zero attached hydrogens (tertiary/aromatic N) is 1. The number of thiophene rings is 1. The number of amides is 1. The Morgan fingerprint density at radius 1 is 1.33 bits per heavy atom. The predicted molar refractivity (Wildman–Crippen MR) is 106 cm³/mol.